The quantitative estimate of drug-likeness (QED) is 0.920. The lowest BCUT2D eigenvalue weighted by atomic mass is 9.94. The third kappa shape index (κ3) is 2.90. The predicted molar refractivity (Wildman–Crippen MR) is 83.3 cm³/mol. The molecule has 2 heterocycles. The maximum absolute atomic E-state index is 11.6. The zero-order chi connectivity index (χ0) is 15.5. The number of hydrogen-bond acceptors (Lipinski definition) is 3. The molecular formula is C17H21N3O2. The highest BCUT2D eigenvalue weighted by molar-refractivity contribution is 5.74. The van der Waals surface area contributed by atoms with Crippen molar-refractivity contribution in [2.24, 2.45) is 0 Å². The van der Waals surface area contributed by atoms with Crippen molar-refractivity contribution in [1.82, 2.24) is 14.5 Å². The van der Waals surface area contributed by atoms with Crippen LogP contribution in [0.2, 0.25) is 0 Å². The number of hydrogen-bond donors (Lipinski definition) is 1. The highest BCUT2D eigenvalue weighted by Crippen LogP contribution is 2.24. The molecule has 0 fully saturated rings. The van der Waals surface area contributed by atoms with Gasteiger partial charge < -0.3 is 9.67 Å². The lowest BCUT2D eigenvalue weighted by molar-refractivity contribution is -0.144. The van der Waals surface area contributed by atoms with Gasteiger partial charge in [0.25, 0.3) is 0 Å². The van der Waals surface area contributed by atoms with Crippen LogP contribution in [0.4, 0.5) is 0 Å². The van der Waals surface area contributed by atoms with E-state index < -0.39 is 12.0 Å². The predicted octanol–water partition coefficient (Wildman–Crippen LogP) is 2.30. The van der Waals surface area contributed by atoms with E-state index in [1.54, 1.807) is 6.20 Å². The molecule has 1 aliphatic heterocycles. The van der Waals surface area contributed by atoms with Gasteiger partial charge in [0.05, 0.1) is 6.54 Å². The van der Waals surface area contributed by atoms with Gasteiger partial charge in [-0.3, -0.25) is 9.69 Å². The number of aliphatic carboxylic acids is 1. The number of carboxylic acid groups (broad SMARTS) is 1. The fourth-order valence-corrected chi connectivity index (χ4v) is 3.10. The van der Waals surface area contributed by atoms with Gasteiger partial charge in [-0.25, -0.2) is 4.98 Å². The number of imidazole rings is 1. The van der Waals surface area contributed by atoms with Gasteiger partial charge >= 0.3 is 5.97 Å². The lowest BCUT2D eigenvalue weighted by Gasteiger charge is -2.34. The largest absolute Gasteiger partial charge is 0.480 e. The van der Waals surface area contributed by atoms with Gasteiger partial charge in [0, 0.05) is 25.5 Å². The molecule has 1 aliphatic rings. The molecule has 0 amide bonds. The maximum Gasteiger partial charge on any atom is 0.321 e. The van der Waals surface area contributed by atoms with Crippen molar-refractivity contribution >= 4 is 5.97 Å². The Bertz CT molecular complexity index is 665. The minimum Gasteiger partial charge on any atom is -0.480 e. The fourth-order valence-electron chi connectivity index (χ4n) is 3.10. The SMILES string of the molecule is CCCn1ccnc1CN1Cc2ccccc2C[C@H]1C(=O)O. The molecule has 1 aromatic heterocycles. The molecule has 0 radical (unpaired) electrons. The van der Waals surface area contributed by atoms with Crippen LogP contribution in [0.3, 0.4) is 0 Å². The molecule has 0 bridgehead atoms. The van der Waals surface area contributed by atoms with Crippen LogP contribution < -0.4 is 0 Å². The van der Waals surface area contributed by atoms with E-state index >= 15 is 0 Å². The minimum atomic E-state index is -0.761. The summed E-state index contributed by atoms with van der Waals surface area (Å²) >= 11 is 0. The number of benzene rings is 1. The average Bonchev–Trinajstić information content (AvgIpc) is 2.94. The van der Waals surface area contributed by atoms with Crippen molar-refractivity contribution in [1.29, 1.82) is 0 Å². The van der Waals surface area contributed by atoms with Crippen molar-refractivity contribution in [3.05, 3.63) is 53.6 Å². The van der Waals surface area contributed by atoms with Gasteiger partial charge in [-0.2, -0.15) is 0 Å². The summed E-state index contributed by atoms with van der Waals surface area (Å²) in [6.45, 7) is 4.27. The van der Waals surface area contributed by atoms with Crippen molar-refractivity contribution in [3.8, 4) is 0 Å². The molecule has 0 saturated heterocycles. The summed E-state index contributed by atoms with van der Waals surface area (Å²) in [6, 6.07) is 7.61. The van der Waals surface area contributed by atoms with Gasteiger partial charge in [-0.1, -0.05) is 31.2 Å². The molecule has 2 aromatic rings. The van der Waals surface area contributed by atoms with Crippen LogP contribution in [0.5, 0.6) is 0 Å². The Hall–Kier alpha value is -2.14. The molecule has 116 valence electrons. The smallest absolute Gasteiger partial charge is 0.321 e. The monoisotopic (exact) mass is 299 g/mol. The van der Waals surface area contributed by atoms with Crippen molar-refractivity contribution in [2.75, 3.05) is 0 Å². The zero-order valence-electron chi connectivity index (χ0n) is 12.8. The van der Waals surface area contributed by atoms with Crippen LogP contribution in [-0.4, -0.2) is 31.6 Å². The molecule has 22 heavy (non-hydrogen) atoms. The summed E-state index contributed by atoms with van der Waals surface area (Å²) in [5.74, 6) is 0.176. The van der Waals surface area contributed by atoms with E-state index in [0.29, 0.717) is 19.5 Å². The highest BCUT2D eigenvalue weighted by Gasteiger charge is 2.31. The second kappa shape index (κ2) is 6.32. The van der Waals surface area contributed by atoms with Crippen LogP contribution in [0.15, 0.2) is 36.7 Å². The molecule has 3 rings (SSSR count). The fraction of sp³-hybridized carbons (Fsp3) is 0.412. The first kappa shape index (κ1) is 14.8. The molecule has 5 heteroatoms. The molecule has 5 nitrogen and oxygen atoms in total. The second-order valence-corrected chi connectivity index (χ2v) is 5.77. The normalized spacial score (nSPS) is 18.1. The summed E-state index contributed by atoms with van der Waals surface area (Å²) in [6.07, 6.45) is 5.35. The number of nitrogens with zero attached hydrogens (tertiary/aromatic N) is 3. The first-order valence-electron chi connectivity index (χ1n) is 7.72. The number of carbonyl (C=O) groups is 1. The number of fused-ring (bicyclic) bond motifs is 1. The number of rotatable bonds is 5. The molecule has 1 atom stereocenters. The summed E-state index contributed by atoms with van der Waals surface area (Å²) in [5.41, 5.74) is 2.36. The minimum absolute atomic E-state index is 0.485. The molecule has 1 N–H and O–H groups in total. The van der Waals surface area contributed by atoms with E-state index in [1.165, 1.54) is 5.56 Å². The third-order valence-electron chi connectivity index (χ3n) is 4.24. The number of aromatic nitrogens is 2. The third-order valence-corrected chi connectivity index (χ3v) is 4.24. The Morgan fingerprint density at radius 3 is 2.86 bits per heavy atom. The molecule has 0 saturated carbocycles. The van der Waals surface area contributed by atoms with Gasteiger partial charge in [-0.15, -0.1) is 0 Å². The molecule has 1 aromatic carbocycles. The van der Waals surface area contributed by atoms with Crippen LogP contribution in [0.1, 0.15) is 30.3 Å². The van der Waals surface area contributed by atoms with Crippen molar-refractivity contribution in [3.63, 3.8) is 0 Å². The standard InChI is InChI=1S/C17H21N3O2/c1-2-8-19-9-7-18-16(19)12-20-11-14-6-4-3-5-13(14)10-15(20)17(21)22/h3-7,9,15H,2,8,10-12H2,1H3,(H,21,22)/t15-/m0/s1. The zero-order valence-corrected chi connectivity index (χ0v) is 12.8. The molecule has 0 unspecified atom stereocenters. The van der Waals surface area contributed by atoms with Gasteiger partial charge in [0.1, 0.15) is 11.9 Å². The van der Waals surface area contributed by atoms with E-state index in [4.69, 9.17) is 0 Å². The lowest BCUT2D eigenvalue weighted by Crippen LogP contribution is -2.45. The molecule has 0 spiro atoms. The van der Waals surface area contributed by atoms with E-state index in [1.807, 2.05) is 29.3 Å². The number of aryl methyl sites for hydroxylation is 1. The van der Waals surface area contributed by atoms with Crippen LogP contribution in [0.25, 0.3) is 0 Å². The van der Waals surface area contributed by atoms with Crippen LogP contribution in [-0.2, 0) is 30.8 Å². The number of carboxylic acids is 1. The highest BCUT2D eigenvalue weighted by atomic mass is 16.4. The van der Waals surface area contributed by atoms with Crippen molar-refractivity contribution in [2.45, 2.75) is 45.4 Å². The Morgan fingerprint density at radius 1 is 1.36 bits per heavy atom. The van der Waals surface area contributed by atoms with E-state index in [2.05, 4.69) is 22.5 Å². The Labute approximate surface area is 130 Å². The van der Waals surface area contributed by atoms with Crippen LogP contribution in [0, 0.1) is 0 Å². The molecular weight excluding hydrogens is 278 g/mol. The maximum atomic E-state index is 11.6. The van der Waals surface area contributed by atoms with Crippen LogP contribution >= 0.6 is 0 Å². The summed E-state index contributed by atoms with van der Waals surface area (Å²) in [7, 11) is 0. The summed E-state index contributed by atoms with van der Waals surface area (Å²) in [4.78, 5) is 18.1. The van der Waals surface area contributed by atoms with E-state index in [9.17, 15) is 9.90 Å². The van der Waals surface area contributed by atoms with E-state index in [0.717, 1.165) is 24.4 Å². The topological polar surface area (TPSA) is 58.4 Å². The van der Waals surface area contributed by atoms with Gasteiger partial charge in [-0.05, 0) is 24.0 Å². The van der Waals surface area contributed by atoms with E-state index in [-0.39, 0.29) is 0 Å². The molecule has 0 aliphatic carbocycles. The van der Waals surface area contributed by atoms with Gasteiger partial charge in [0.2, 0.25) is 0 Å². The first-order valence-corrected chi connectivity index (χ1v) is 7.72. The van der Waals surface area contributed by atoms with Crippen molar-refractivity contribution < 1.29 is 9.90 Å². The Kier molecular flexibility index (Phi) is 4.24. The second-order valence-electron chi connectivity index (χ2n) is 5.77. The Morgan fingerprint density at radius 2 is 2.14 bits per heavy atom. The summed E-state index contributed by atoms with van der Waals surface area (Å²) < 4.78 is 2.11. The van der Waals surface area contributed by atoms with Gasteiger partial charge in [0.15, 0.2) is 0 Å². The summed E-state index contributed by atoms with van der Waals surface area (Å²) in [5, 5.41) is 9.57. The Balaban J connectivity index is 1.84. The average molecular weight is 299 g/mol. The first-order chi connectivity index (χ1) is 10.7.